The number of amides is 1. The zero-order valence-electron chi connectivity index (χ0n) is 13.3. The quantitative estimate of drug-likeness (QED) is 0.486. The van der Waals surface area contributed by atoms with Gasteiger partial charge in [-0.25, -0.2) is 0 Å². The number of hydrogen-bond acceptors (Lipinski definition) is 4. The van der Waals surface area contributed by atoms with E-state index in [-0.39, 0.29) is 12.5 Å². The van der Waals surface area contributed by atoms with Gasteiger partial charge in [0.2, 0.25) is 5.91 Å². The lowest BCUT2D eigenvalue weighted by atomic mass is 10.1. The van der Waals surface area contributed by atoms with Gasteiger partial charge in [-0.15, -0.1) is 0 Å². The number of ether oxygens (including phenoxy) is 1. The zero-order valence-corrected chi connectivity index (χ0v) is 15.6. The molecule has 1 aromatic carbocycles. The Morgan fingerprint density at radius 3 is 2.65 bits per heavy atom. The molecule has 0 radical (unpaired) electrons. The van der Waals surface area contributed by atoms with Gasteiger partial charge < -0.3 is 9.64 Å². The van der Waals surface area contributed by atoms with Crippen LogP contribution in [0.15, 0.2) is 18.2 Å². The van der Waals surface area contributed by atoms with Crippen LogP contribution >= 0.6 is 35.0 Å². The molecular weight excluding hydrogens is 357 g/mol. The maximum atomic E-state index is 12.3. The number of rotatable bonds is 9. The van der Waals surface area contributed by atoms with Crippen LogP contribution in [0.25, 0.3) is 0 Å². The zero-order chi connectivity index (χ0) is 17.2. The molecule has 0 aromatic heterocycles. The molecule has 0 bridgehead atoms. The van der Waals surface area contributed by atoms with Gasteiger partial charge in [0.15, 0.2) is 0 Å². The molecule has 0 saturated heterocycles. The van der Waals surface area contributed by atoms with Crippen molar-refractivity contribution < 1.29 is 14.3 Å². The maximum Gasteiger partial charge on any atom is 0.325 e. The van der Waals surface area contributed by atoms with Crippen molar-refractivity contribution in [3.63, 3.8) is 0 Å². The third-order valence-electron chi connectivity index (χ3n) is 3.23. The third kappa shape index (κ3) is 7.46. The van der Waals surface area contributed by atoms with E-state index in [2.05, 4.69) is 4.74 Å². The Morgan fingerprint density at radius 1 is 1.30 bits per heavy atom. The van der Waals surface area contributed by atoms with E-state index >= 15 is 0 Å². The molecule has 0 spiro atoms. The van der Waals surface area contributed by atoms with Gasteiger partial charge in [0, 0.05) is 28.8 Å². The first-order valence-corrected chi connectivity index (χ1v) is 9.25. The highest BCUT2D eigenvalue weighted by atomic mass is 35.5. The fourth-order valence-corrected chi connectivity index (χ4v) is 3.06. The number of carbonyl (C=O) groups is 2. The van der Waals surface area contributed by atoms with Crippen LogP contribution in [-0.2, 0) is 20.7 Å². The molecule has 0 aliphatic carbocycles. The van der Waals surface area contributed by atoms with E-state index in [1.807, 2.05) is 13.0 Å². The summed E-state index contributed by atoms with van der Waals surface area (Å²) < 4.78 is 4.67. The minimum atomic E-state index is -0.427. The molecule has 1 amide bonds. The third-order valence-corrected chi connectivity index (χ3v) is 4.72. The molecular formula is C16H21Cl2NO3S. The first kappa shape index (κ1) is 20.1. The van der Waals surface area contributed by atoms with Gasteiger partial charge in [0.1, 0.15) is 6.54 Å². The summed E-state index contributed by atoms with van der Waals surface area (Å²) in [6.45, 7) is 2.41. The van der Waals surface area contributed by atoms with Crippen LogP contribution in [0.4, 0.5) is 0 Å². The number of hydrogen-bond donors (Lipinski definition) is 0. The van der Waals surface area contributed by atoms with Gasteiger partial charge in [-0.1, -0.05) is 36.2 Å². The lowest BCUT2D eigenvalue weighted by Crippen LogP contribution is -2.38. The average molecular weight is 378 g/mol. The largest absolute Gasteiger partial charge is 0.468 e. The second-order valence-corrected chi connectivity index (χ2v) is 7.06. The van der Waals surface area contributed by atoms with Gasteiger partial charge in [-0.2, -0.15) is 11.8 Å². The van der Waals surface area contributed by atoms with Gasteiger partial charge in [-0.05, 0) is 29.9 Å². The molecule has 0 fully saturated rings. The lowest BCUT2D eigenvalue weighted by molar-refractivity contribution is -0.146. The molecule has 1 rings (SSSR count). The van der Waals surface area contributed by atoms with E-state index < -0.39 is 5.97 Å². The number of nitrogens with zero attached hydrogens (tertiary/aromatic N) is 1. The summed E-state index contributed by atoms with van der Waals surface area (Å²) in [5.41, 5.74) is 0.890. The highest BCUT2D eigenvalue weighted by molar-refractivity contribution is 7.99. The predicted molar refractivity (Wildman–Crippen MR) is 96.4 cm³/mol. The first-order valence-electron chi connectivity index (χ1n) is 7.34. The van der Waals surface area contributed by atoms with Crippen molar-refractivity contribution >= 4 is 46.8 Å². The fourth-order valence-electron chi connectivity index (χ4n) is 1.95. The normalized spacial score (nSPS) is 10.4. The molecule has 0 aliphatic heterocycles. The Bertz CT molecular complexity index is 540. The van der Waals surface area contributed by atoms with E-state index in [1.54, 1.807) is 23.9 Å². The Balaban J connectivity index is 2.67. The lowest BCUT2D eigenvalue weighted by Gasteiger charge is -2.21. The number of esters is 1. The van der Waals surface area contributed by atoms with E-state index in [4.69, 9.17) is 23.2 Å². The van der Waals surface area contributed by atoms with Gasteiger partial charge in [0.05, 0.1) is 7.11 Å². The average Bonchev–Trinajstić information content (AvgIpc) is 2.52. The molecule has 0 atom stereocenters. The Labute approximate surface area is 151 Å². The highest BCUT2D eigenvalue weighted by Crippen LogP contribution is 2.21. The predicted octanol–water partition coefficient (Wildman–Crippen LogP) is 3.68. The Kier molecular flexibility index (Phi) is 9.44. The van der Waals surface area contributed by atoms with Crippen LogP contribution in [0.2, 0.25) is 10.0 Å². The van der Waals surface area contributed by atoms with E-state index in [0.717, 1.165) is 17.1 Å². The fraction of sp³-hybridized carbons (Fsp3) is 0.500. The van der Waals surface area contributed by atoms with Crippen molar-refractivity contribution in [1.82, 2.24) is 4.90 Å². The smallest absolute Gasteiger partial charge is 0.325 e. The van der Waals surface area contributed by atoms with Crippen molar-refractivity contribution in [3.05, 3.63) is 33.8 Å². The van der Waals surface area contributed by atoms with Gasteiger partial charge in [0.25, 0.3) is 0 Å². The first-order chi connectivity index (χ1) is 11.0. The van der Waals surface area contributed by atoms with Crippen LogP contribution < -0.4 is 0 Å². The van der Waals surface area contributed by atoms with E-state index in [9.17, 15) is 9.59 Å². The van der Waals surface area contributed by atoms with Crippen LogP contribution in [0.1, 0.15) is 18.9 Å². The summed E-state index contributed by atoms with van der Waals surface area (Å²) in [6, 6.07) is 5.26. The van der Waals surface area contributed by atoms with E-state index in [0.29, 0.717) is 29.4 Å². The van der Waals surface area contributed by atoms with Crippen LogP contribution in [0.3, 0.4) is 0 Å². The van der Waals surface area contributed by atoms with Gasteiger partial charge in [-0.3, -0.25) is 9.59 Å². The minimum absolute atomic E-state index is 0.0443. The molecule has 0 heterocycles. The topological polar surface area (TPSA) is 46.6 Å². The molecule has 0 unspecified atom stereocenters. The molecule has 0 N–H and O–H groups in total. The van der Waals surface area contributed by atoms with Crippen molar-refractivity contribution in [2.24, 2.45) is 0 Å². The molecule has 0 aliphatic rings. The summed E-state index contributed by atoms with van der Waals surface area (Å²) in [6.07, 6.45) is 0.962. The summed E-state index contributed by atoms with van der Waals surface area (Å²) in [5, 5.41) is 1.13. The van der Waals surface area contributed by atoms with Crippen molar-refractivity contribution in [3.8, 4) is 0 Å². The minimum Gasteiger partial charge on any atom is -0.468 e. The summed E-state index contributed by atoms with van der Waals surface area (Å²) in [4.78, 5) is 25.3. The summed E-state index contributed by atoms with van der Waals surface area (Å²) in [7, 11) is 1.31. The van der Waals surface area contributed by atoms with Crippen molar-refractivity contribution in [2.75, 3.05) is 31.7 Å². The number of carbonyl (C=O) groups excluding carboxylic acids is 2. The summed E-state index contributed by atoms with van der Waals surface area (Å²) in [5.74, 6) is 1.23. The highest BCUT2D eigenvalue weighted by Gasteiger charge is 2.17. The van der Waals surface area contributed by atoms with Crippen LogP contribution in [0, 0.1) is 0 Å². The Hall–Kier alpha value is -0.910. The van der Waals surface area contributed by atoms with E-state index in [1.165, 1.54) is 12.0 Å². The number of methoxy groups -OCH3 is 1. The maximum absolute atomic E-state index is 12.3. The van der Waals surface area contributed by atoms with Crippen molar-refractivity contribution in [1.29, 1.82) is 0 Å². The number of thioether (sulfide) groups is 1. The number of halogens is 2. The Morgan fingerprint density at radius 2 is 2.04 bits per heavy atom. The molecule has 0 saturated carbocycles. The van der Waals surface area contributed by atoms with Gasteiger partial charge >= 0.3 is 5.97 Å². The molecule has 1 aromatic rings. The monoisotopic (exact) mass is 377 g/mol. The molecule has 7 heteroatoms. The molecule has 4 nitrogen and oxygen atoms in total. The van der Waals surface area contributed by atoms with Crippen LogP contribution in [-0.4, -0.2) is 48.5 Å². The second-order valence-electron chi connectivity index (χ2n) is 4.82. The molecule has 128 valence electrons. The second kappa shape index (κ2) is 10.8. The molecule has 23 heavy (non-hydrogen) atoms. The van der Waals surface area contributed by atoms with Crippen LogP contribution in [0.5, 0.6) is 0 Å². The summed E-state index contributed by atoms with van der Waals surface area (Å²) >= 11 is 13.7. The number of benzene rings is 1. The van der Waals surface area contributed by atoms with Crippen molar-refractivity contribution in [2.45, 2.75) is 19.8 Å². The SMILES string of the molecule is CCSCCC(=O)N(CCc1ccc(Cl)cc1Cl)CC(=O)OC. The standard InChI is InChI=1S/C16H21Cl2NO3S/c1-3-23-9-7-15(20)19(11-16(21)22-2)8-6-12-4-5-13(17)10-14(12)18/h4-5,10H,3,6-9,11H2,1-2H3.